The molecule has 1 aromatic rings. The molecule has 5 nitrogen and oxygen atoms in total. The molecule has 1 heterocycles. The average Bonchev–Trinajstić information content (AvgIpc) is 2.47. The van der Waals surface area contributed by atoms with Crippen LogP contribution in [0.3, 0.4) is 0 Å². The third kappa shape index (κ3) is 3.79. The molecule has 1 atom stereocenters. The summed E-state index contributed by atoms with van der Waals surface area (Å²) < 4.78 is 24.7. The first-order valence-electron chi connectivity index (χ1n) is 7.16. The molecule has 1 fully saturated rings. The van der Waals surface area contributed by atoms with Crippen LogP contribution in [0.5, 0.6) is 0 Å². The quantitative estimate of drug-likeness (QED) is 0.868. The SMILES string of the molecule is CCC(N)c1cccc(S(=O)(=O)NN2CCCCC2)c1. The highest BCUT2D eigenvalue weighted by Crippen LogP contribution is 2.19. The number of nitrogens with zero attached hydrogens (tertiary/aromatic N) is 1. The van der Waals surface area contributed by atoms with Crippen molar-refractivity contribution in [3.63, 3.8) is 0 Å². The van der Waals surface area contributed by atoms with E-state index < -0.39 is 10.0 Å². The van der Waals surface area contributed by atoms with E-state index in [0.717, 1.165) is 37.9 Å². The van der Waals surface area contributed by atoms with Gasteiger partial charge in [-0.1, -0.05) is 25.5 Å². The molecule has 0 radical (unpaired) electrons. The minimum Gasteiger partial charge on any atom is -0.324 e. The summed E-state index contributed by atoms with van der Waals surface area (Å²) in [4.78, 5) is 2.94. The Hall–Kier alpha value is -0.950. The zero-order chi connectivity index (χ0) is 14.6. The van der Waals surface area contributed by atoms with Gasteiger partial charge in [-0.25, -0.2) is 13.4 Å². The van der Waals surface area contributed by atoms with Gasteiger partial charge in [0.05, 0.1) is 4.90 Å². The number of nitrogens with two attached hydrogens (primary N) is 1. The molecule has 1 saturated heterocycles. The van der Waals surface area contributed by atoms with E-state index in [0.29, 0.717) is 0 Å². The highest BCUT2D eigenvalue weighted by Gasteiger charge is 2.20. The van der Waals surface area contributed by atoms with Gasteiger partial charge in [0.2, 0.25) is 0 Å². The van der Waals surface area contributed by atoms with Gasteiger partial charge in [-0.15, -0.1) is 4.83 Å². The zero-order valence-electron chi connectivity index (χ0n) is 11.9. The second-order valence-corrected chi connectivity index (χ2v) is 6.89. The third-order valence-corrected chi connectivity index (χ3v) is 5.01. The maximum absolute atomic E-state index is 12.4. The molecule has 1 aliphatic rings. The molecule has 1 aliphatic heterocycles. The zero-order valence-corrected chi connectivity index (χ0v) is 12.7. The summed E-state index contributed by atoms with van der Waals surface area (Å²) in [5.74, 6) is 0. The van der Waals surface area contributed by atoms with E-state index >= 15 is 0 Å². The average molecular weight is 297 g/mol. The molecule has 112 valence electrons. The molecule has 0 amide bonds. The Kier molecular flexibility index (Phi) is 5.15. The minimum absolute atomic E-state index is 0.125. The van der Waals surface area contributed by atoms with Gasteiger partial charge >= 0.3 is 0 Å². The van der Waals surface area contributed by atoms with Gasteiger partial charge in [0, 0.05) is 19.1 Å². The van der Waals surface area contributed by atoms with Gasteiger partial charge in [0.15, 0.2) is 0 Å². The summed E-state index contributed by atoms with van der Waals surface area (Å²) in [6.45, 7) is 3.53. The van der Waals surface area contributed by atoms with Crippen molar-refractivity contribution < 1.29 is 8.42 Å². The van der Waals surface area contributed by atoms with Crippen molar-refractivity contribution in [1.29, 1.82) is 0 Å². The lowest BCUT2D eigenvalue weighted by molar-refractivity contribution is 0.200. The van der Waals surface area contributed by atoms with Crippen molar-refractivity contribution >= 4 is 10.0 Å². The van der Waals surface area contributed by atoms with E-state index in [2.05, 4.69) is 4.83 Å². The molecule has 0 bridgehead atoms. The lowest BCUT2D eigenvalue weighted by Crippen LogP contribution is -2.44. The van der Waals surface area contributed by atoms with Gasteiger partial charge in [0.25, 0.3) is 10.0 Å². The van der Waals surface area contributed by atoms with Crippen LogP contribution in [0.1, 0.15) is 44.2 Å². The van der Waals surface area contributed by atoms with E-state index in [4.69, 9.17) is 5.73 Å². The number of rotatable bonds is 5. The molecule has 0 aliphatic carbocycles. The van der Waals surface area contributed by atoms with Crippen molar-refractivity contribution in [2.24, 2.45) is 5.73 Å². The summed E-state index contributed by atoms with van der Waals surface area (Å²) in [7, 11) is -3.50. The topological polar surface area (TPSA) is 75.4 Å². The first-order chi connectivity index (χ1) is 9.53. The Labute approximate surface area is 121 Å². The Bertz CT molecular complexity index is 539. The number of sulfonamides is 1. The standard InChI is InChI=1S/C14H23N3O2S/c1-2-14(15)12-7-6-8-13(11-12)20(18,19)16-17-9-4-3-5-10-17/h6-8,11,14,16H,2-5,9-10,15H2,1H3. The molecule has 2 rings (SSSR count). The Morgan fingerprint density at radius 2 is 2.00 bits per heavy atom. The lowest BCUT2D eigenvalue weighted by Gasteiger charge is -2.26. The molecular weight excluding hydrogens is 274 g/mol. The van der Waals surface area contributed by atoms with Crippen LogP contribution in [0.4, 0.5) is 0 Å². The normalized spacial score (nSPS) is 18.9. The first-order valence-corrected chi connectivity index (χ1v) is 8.64. The van der Waals surface area contributed by atoms with Gasteiger partial charge in [-0.05, 0) is 37.0 Å². The van der Waals surface area contributed by atoms with Crippen LogP contribution >= 0.6 is 0 Å². The van der Waals surface area contributed by atoms with Crippen molar-refractivity contribution in [1.82, 2.24) is 9.84 Å². The van der Waals surface area contributed by atoms with Crippen LogP contribution < -0.4 is 10.6 Å². The molecule has 0 spiro atoms. The summed E-state index contributed by atoms with van der Waals surface area (Å²) in [5.41, 5.74) is 6.82. The van der Waals surface area contributed by atoms with Gasteiger partial charge in [-0.3, -0.25) is 0 Å². The second-order valence-electron chi connectivity index (χ2n) is 5.23. The third-order valence-electron chi connectivity index (χ3n) is 3.64. The van der Waals surface area contributed by atoms with Gasteiger partial charge in [0.1, 0.15) is 0 Å². The Morgan fingerprint density at radius 3 is 2.65 bits per heavy atom. The van der Waals surface area contributed by atoms with Crippen molar-refractivity contribution in [3.8, 4) is 0 Å². The van der Waals surface area contributed by atoms with Gasteiger partial charge in [-0.2, -0.15) is 0 Å². The maximum Gasteiger partial charge on any atom is 0.253 e. The van der Waals surface area contributed by atoms with E-state index in [9.17, 15) is 8.42 Å². The second kappa shape index (κ2) is 6.67. The highest BCUT2D eigenvalue weighted by molar-refractivity contribution is 7.89. The number of hydrogen-bond donors (Lipinski definition) is 2. The lowest BCUT2D eigenvalue weighted by atomic mass is 10.1. The van der Waals surface area contributed by atoms with Crippen molar-refractivity contribution in [2.75, 3.05) is 13.1 Å². The van der Waals surface area contributed by atoms with Crippen LogP contribution in [-0.2, 0) is 10.0 Å². The van der Waals surface area contributed by atoms with E-state index in [1.54, 1.807) is 23.2 Å². The first kappa shape index (κ1) is 15.4. The summed E-state index contributed by atoms with van der Waals surface area (Å²) in [6.07, 6.45) is 4.01. The largest absolute Gasteiger partial charge is 0.324 e. The monoisotopic (exact) mass is 297 g/mol. The van der Waals surface area contributed by atoms with Gasteiger partial charge < -0.3 is 5.73 Å². The number of benzene rings is 1. The predicted octanol–water partition coefficient (Wildman–Crippen LogP) is 1.78. The molecule has 1 unspecified atom stereocenters. The summed E-state index contributed by atoms with van der Waals surface area (Å²) in [5, 5.41) is 1.78. The van der Waals surface area contributed by atoms with E-state index in [1.807, 2.05) is 13.0 Å². The van der Waals surface area contributed by atoms with Crippen LogP contribution in [0, 0.1) is 0 Å². The number of nitrogens with one attached hydrogen (secondary N) is 1. The fourth-order valence-corrected chi connectivity index (χ4v) is 3.53. The molecule has 6 heteroatoms. The number of hydrazine groups is 1. The minimum atomic E-state index is -3.50. The Balaban J connectivity index is 2.16. The summed E-state index contributed by atoms with van der Waals surface area (Å²) in [6, 6.07) is 6.77. The van der Waals surface area contributed by atoms with Crippen LogP contribution in [0.15, 0.2) is 29.2 Å². The molecule has 20 heavy (non-hydrogen) atoms. The molecule has 0 aromatic heterocycles. The maximum atomic E-state index is 12.4. The molecule has 1 aromatic carbocycles. The fraction of sp³-hybridized carbons (Fsp3) is 0.571. The number of hydrogen-bond acceptors (Lipinski definition) is 4. The van der Waals surface area contributed by atoms with Crippen LogP contribution in [0.25, 0.3) is 0 Å². The van der Waals surface area contributed by atoms with E-state index in [-0.39, 0.29) is 10.9 Å². The van der Waals surface area contributed by atoms with E-state index in [1.165, 1.54) is 6.42 Å². The molecule has 0 saturated carbocycles. The highest BCUT2D eigenvalue weighted by atomic mass is 32.2. The van der Waals surface area contributed by atoms with Crippen molar-refractivity contribution in [3.05, 3.63) is 29.8 Å². The van der Waals surface area contributed by atoms with Crippen LogP contribution in [-0.4, -0.2) is 26.5 Å². The molecular formula is C14H23N3O2S. The predicted molar refractivity (Wildman–Crippen MR) is 79.4 cm³/mol. The van der Waals surface area contributed by atoms with Crippen LogP contribution in [0.2, 0.25) is 0 Å². The fourth-order valence-electron chi connectivity index (χ4n) is 2.36. The molecule has 3 N–H and O–H groups in total. The Morgan fingerprint density at radius 1 is 1.30 bits per heavy atom. The van der Waals surface area contributed by atoms with Crippen molar-refractivity contribution in [2.45, 2.75) is 43.5 Å². The summed E-state index contributed by atoms with van der Waals surface area (Å²) >= 11 is 0. The number of piperidine rings is 1. The smallest absolute Gasteiger partial charge is 0.253 e.